The van der Waals surface area contributed by atoms with Gasteiger partial charge in [-0.3, -0.25) is 0 Å². The molecule has 22 heavy (non-hydrogen) atoms. The van der Waals surface area contributed by atoms with Gasteiger partial charge in [0, 0.05) is 11.5 Å². The molecule has 0 aliphatic rings. The summed E-state index contributed by atoms with van der Waals surface area (Å²) in [6.07, 6.45) is 5.13. The van der Waals surface area contributed by atoms with E-state index >= 15 is 0 Å². The lowest BCUT2D eigenvalue weighted by Gasteiger charge is -2.12. The van der Waals surface area contributed by atoms with Crippen LogP contribution in [0.5, 0.6) is 17.2 Å². The molecule has 0 aromatic heterocycles. The molecule has 2 rings (SSSR count). The van der Waals surface area contributed by atoms with Gasteiger partial charge in [-0.2, -0.15) is 0 Å². The van der Waals surface area contributed by atoms with Crippen molar-refractivity contribution in [3.05, 3.63) is 68.3 Å². The summed E-state index contributed by atoms with van der Waals surface area (Å²) in [7, 11) is 0. The van der Waals surface area contributed by atoms with Crippen LogP contribution in [0.1, 0.15) is 0 Å². The van der Waals surface area contributed by atoms with Crippen LogP contribution in [0.3, 0.4) is 0 Å². The topological polar surface area (TPSA) is 27.7 Å². The van der Waals surface area contributed by atoms with E-state index in [-0.39, 0.29) is 0 Å². The Kier molecular flexibility index (Phi) is 5.66. The molecule has 2 aromatic carbocycles. The Labute approximate surface area is 131 Å². The van der Waals surface area contributed by atoms with Gasteiger partial charge in [-0.15, -0.1) is 0 Å². The van der Waals surface area contributed by atoms with Gasteiger partial charge in [0.05, 0.1) is 0 Å². The first kappa shape index (κ1) is 15.7. The summed E-state index contributed by atoms with van der Waals surface area (Å²) in [5, 5.41) is 1.99. The van der Waals surface area contributed by atoms with Gasteiger partial charge in [0.25, 0.3) is 0 Å². The molecule has 0 unspecified atom stereocenters. The highest BCUT2D eigenvalue weighted by Gasteiger charge is 2.07. The van der Waals surface area contributed by atoms with Gasteiger partial charge in [-0.05, 0) is 29.7 Å². The van der Waals surface area contributed by atoms with Gasteiger partial charge in [0.2, 0.25) is 0 Å². The second-order valence-electron chi connectivity index (χ2n) is 4.60. The molecule has 3 nitrogen and oxygen atoms in total. The zero-order valence-corrected chi connectivity index (χ0v) is 12.6. The van der Waals surface area contributed by atoms with Gasteiger partial charge in [-0.1, -0.05) is 38.0 Å². The predicted molar refractivity (Wildman–Crippen MR) is 91.0 cm³/mol. The molecule has 0 aliphatic carbocycles. The molecule has 0 bridgehead atoms. The van der Waals surface area contributed by atoms with E-state index in [2.05, 4.69) is 19.7 Å². The number of hydrogen-bond donors (Lipinski definition) is 0. The average molecular weight is 296 g/mol. The lowest BCUT2D eigenvalue weighted by molar-refractivity contribution is 0.348. The Balaban J connectivity index is 2.42. The fourth-order valence-corrected chi connectivity index (χ4v) is 2.04. The maximum absolute atomic E-state index is 5.73. The number of fused-ring (bicyclic) bond motifs is 1. The minimum atomic E-state index is 0.439. The van der Waals surface area contributed by atoms with Crippen molar-refractivity contribution in [1.29, 1.82) is 0 Å². The molecule has 0 N–H and O–H groups in total. The van der Waals surface area contributed by atoms with Crippen LogP contribution in [0, 0.1) is 0 Å². The van der Waals surface area contributed by atoms with Crippen molar-refractivity contribution in [2.75, 3.05) is 19.8 Å². The Bertz CT molecular complexity index is 668. The van der Waals surface area contributed by atoms with Crippen molar-refractivity contribution in [2.45, 2.75) is 0 Å². The molecule has 114 valence electrons. The van der Waals surface area contributed by atoms with Crippen LogP contribution in [0.2, 0.25) is 0 Å². The second-order valence-corrected chi connectivity index (χ2v) is 4.60. The van der Waals surface area contributed by atoms with Gasteiger partial charge < -0.3 is 14.2 Å². The van der Waals surface area contributed by atoms with E-state index < -0.39 is 0 Å². The first-order valence-electron chi connectivity index (χ1n) is 7.07. The molecule has 2 aromatic rings. The van der Waals surface area contributed by atoms with E-state index in [0.717, 1.165) is 28.0 Å². The first-order chi connectivity index (χ1) is 10.8. The van der Waals surface area contributed by atoms with Crippen molar-refractivity contribution < 1.29 is 14.2 Å². The molecular formula is C19H20O3. The summed E-state index contributed by atoms with van der Waals surface area (Å²) in [5.74, 6) is 2.27. The third-order valence-electron chi connectivity index (χ3n) is 2.95. The molecule has 0 radical (unpaired) electrons. The van der Waals surface area contributed by atoms with Crippen LogP contribution < -0.4 is 14.2 Å². The van der Waals surface area contributed by atoms with Crippen LogP contribution in [-0.2, 0) is 0 Å². The van der Waals surface area contributed by atoms with Crippen molar-refractivity contribution in [2.24, 2.45) is 0 Å². The average Bonchev–Trinajstić information content (AvgIpc) is 2.55. The minimum absolute atomic E-state index is 0.439. The van der Waals surface area contributed by atoms with Gasteiger partial charge in [0.1, 0.15) is 37.1 Å². The summed E-state index contributed by atoms with van der Waals surface area (Å²) in [6.45, 7) is 12.3. The summed E-state index contributed by atoms with van der Waals surface area (Å²) in [6, 6.07) is 9.68. The highest BCUT2D eigenvalue weighted by Crippen LogP contribution is 2.33. The zero-order chi connectivity index (χ0) is 15.8. The highest BCUT2D eigenvalue weighted by molar-refractivity contribution is 5.91. The van der Waals surface area contributed by atoms with Gasteiger partial charge in [0.15, 0.2) is 0 Å². The molecular weight excluding hydrogens is 276 g/mol. The molecule has 0 saturated carbocycles. The number of ether oxygens (including phenoxy) is 3. The smallest absolute Gasteiger partial charge is 0.131 e. The standard InChI is InChI=1S/C19H20O3/c1-4-9-20-16-7-8-18-15(12-16)13-17(21-10-5-2)14-19(18)22-11-6-3/h4-8,12-14H,1-3,9-11H2. The molecule has 0 aliphatic heterocycles. The lowest BCUT2D eigenvalue weighted by atomic mass is 10.1. The van der Waals surface area contributed by atoms with E-state index in [1.165, 1.54) is 0 Å². The second kappa shape index (κ2) is 7.93. The van der Waals surface area contributed by atoms with Crippen LogP contribution in [-0.4, -0.2) is 19.8 Å². The molecule has 0 heterocycles. The predicted octanol–water partition coefficient (Wildman–Crippen LogP) is 4.53. The summed E-state index contributed by atoms with van der Waals surface area (Å²) in [5.41, 5.74) is 0. The lowest BCUT2D eigenvalue weighted by Crippen LogP contribution is -1.98. The van der Waals surface area contributed by atoms with Crippen LogP contribution in [0.15, 0.2) is 68.3 Å². The van der Waals surface area contributed by atoms with E-state index in [0.29, 0.717) is 19.8 Å². The molecule has 3 heteroatoms. The summed E-state index contributed by atoms with van der Waals surface area (Å²) < 4.78 is 16.9. The Morgan fingerprint density at radius 1 is 0.727 bits per heavy atom. The van der Waals surface area contributed by atoms with Gasteiger partial charge in [-0.25, -0.2) is 0 Å². The Hall–Kier alpha value is -2.68. The molecule has 0 spiro atoms. The first-order valence-corrected chi connectivity index (χ1v) is 7.07. The zero-order valence-electron chi connectivity index (χ0n) is 12.6. The SMILES string of the molecule is C=CCOc1ccc2c(OCC=C)cc(OCC=C)cc2c1. The van der Waals surface area contributed by atoms with Crippen LogP contribution in [0.25, 0.3) is 10.8 Å². The Morgan fingerprint density at radius 3 is 2.00 bits per heavy atom. The van der Waals surface area contributed by atoms with Crippen molar-refractivity contribution in [3.63, 3.8) is 0 Å². The molecule has 0 fully saturated rings. The largest absolute Gasteiger partial charge is 0.490 e. The summed E-state index contributed by atoms with van der Waals surface area (Å²) in [4.78, 5) is 0. The van der Waals surface area contributed by atoms with E-state index in [1.807, 2.05) is 30.3 Å². The quantitative estimate of drug-likeness (QED) is 0.636. The maximum atomic E-state index is 5.73. The van der Waals surface area contributed by atoms with Crippen LogP contribution in [0.4, 0.5) is 0 Å². The number of hydrogen-bond acceptors (Lipinski definition) is 3. The number of rotatable bonds is 9. The Morgan fingerprint density at radius 2 is 1.32 bits per heavy atom. The van der Waals surface area contributed by atoms with Crippen molar-refractivity contribution in [3.8, 4) is 17.2 Å². The number of benzene rings is 2. The van der Waals surface area contributed by atoms with Gasteiger partial charge >= 0.3 is 0 Å². The third-order valence-corrected chi connectivity index (χ3v) is 2.95. The highest BCUT2D eigenvalue weighted by atomic mass is 16.5. The summed E-state index contributed by atoms with van der Waals surface area (Å²) >= 11 is 0. The fourth-order valence-electron chi connectivity index (χ4n) is 2.04. The van der Waals surface area contributed by atoms with E-state index in [1.54, 1.807) is 18.2 Å². The molecule has 0 saturated heterocycles. The molecule has 0 atom stereocenters. The van der Waals surface area contributed by atoms with E-state index in [9.17, 15) is 0 Å². The monoisotopic (exact) mass is 296 g/mol. The maximum Gasteiger partial charge on any atom is 0.131 e. The minimum Gasteiger partial charge on any atom is -0.490 e. The normalized spacial score (nSPS) is 10.0. The fraction of sp³-hybridized carbons (Fsp3) is 0.158. The van der Waals surface area contributed by atoms with Crippen molar-refractivity contribution in [1.82, 2.24) is 0 Å². The van der Waals surface area contributed by atoms with Crippen molar-refractivity contribution >= 4 is 10.8 Å². The van der Waals surface area contributed by atoms with Crippen LogP contribution >= 0.6 is 0 Å². The van der Waals surface area contributed by atoms with E-state index in [4.69, 9.17) is 14.2 Å². The third kappa shape index (κ3) is 3.92. The molecule has 0 amide bonds.